The zero-order valence-corrected chi connectivity index (χ0v) is 27.2. The summed E-state index contributed by atoms with van der Waals surface area (Å²) in [4.78, 5) is 0. The number of hydrogen-bond acceptors (Lipinski definition) is 3. The van der Waals surface area contributed by atoms with E-state index >= 15 is 0 Å². The minimum atomic E-state index is -3.68. The van der Waals surface area contributed by atoms with Gasteiger partial charge < -0.3 is 4.52 Å². The number of rotatable bonds is 1. The van der Waals surface area contributed by atoms with Crippen LogP contribution in [0.25, 0.3) is 0 Å². The first kappa shape index (κ1) is 32.1. The Hall–Kier alpha value is 0.110. The van der Waals surface area contributed by atoms with Crippen LogP contribution in [0.5, 0.6) is 0 Å². The summed E-state index contributed by atoms with van der Waals surface area (Å²) in [5.74, 6) is 0.0527. The lowest BCUT2D eigenvalue weighted by Crippen LogP contribution is -2.80. The van der Waals surface area contributed by atoms with Gasteiger partial charge in [-0.15, -0.1) is 0 Å². The van der Waals surface area contributed by atoms with Crippen molar-refractivity contribution in [1.29, 1.82) is 0 Å². The molecule has 1 rings (SSSR count). The highest BCUT2D eigenvalue weighted by atomic mass is 31.2. The maximum Gasteiger partial charge on any atom is 0.406 e. The Morgan fingerprint density at radius 3 is 1.21 bits per heavy atom. The molecule has 0 aliphatic carbocycles. The van der Waals surface area contributed by atoms with Gasteiger partial charge in [-0.2, -0.15) is 0 Å². The van der Waals surface area contributed by atoms with Crippen LogP contribution >= 0.6 is 7.75 Å². The monoisotopic (exact) mass is 501 g/mol. The topological polar surface area (TPSA) is 47.6 Å². The van der Waals surface area contributed by atoms with Crippen molar-refractivity contribution >= 4 is 7.75 Å². The van der Waals surface area contributed by atoms with Gasteiger partial charge in [-0.1, -0.05) is 125 Å². The Morgan fingerprint density at radius 1 is 0.647 bits per heavy atom. The van der Waals surface area contributed by atoms with E-state index in [1.165, 1.54) is 7.11 Å². The van der Waals surface area contributed by atoms with E-state index in [1.54, 1.807) is 0 Å². The SMILES string of the molecule is COP1(=O)NC(C(C)(C)C)(C(C)(C)C)C(C(C)(C)C)(C(C)(C)C)C(C(C)(C)C)C(C(C)(C)C)O1. The van der Waals surface area contributed by atoms with E-state index in [2.05, 4.69) is 130 Å². The minimum Gasteiger partial charge on any atom is -0.300 e. The molecule has 3 atom stereocenters. The second kappa shape index (κ2) is 8.57. The smallest absolute Gasteiger partial charge is 0.300 e. The van der Waals surface area contributed by atoms with Crippen molar-refractivity contribution < 1.29 is 13.6 Å². The lowest BCUT2D eigenvalue weighted by atomic mass is 9.31. The van der Waals surface area contributed by atoms with E-state index in [1.807, 2.05) is 0 Å². The summed E-state index contributed by atoms with van der Waals surface area (Å²) in [6, 6.07) is 0. The molecule has 0 saturated carbocycles. The highest BCUT2D eigenvalue weighted by molar-refractivity contribution is 7.51. The molecule has 0 radical (unpaired) electrons. The van der Waals surface area contributed by atoms with E-state index in [4.69, 9.17) is 9.05 Å². The fourth-order valence-corrected chi connectivity index (χ4v) is 10.9. The van der Waals surface area contributed by atoms with Crippen LogP contribution in [-0.4, -0.2) is 18.8 Å². The molecule has 0 spiro atoms. The Balaban J connectivity index is 4.79. The molecule has 0 amide bonds. The molecule has 1 N–H and O–H groups in total. The summed E-state index contributed by atoms with van der Waals surface area (Å²) in [7, 11) is -2.16. The predicted molar refractivity (Wildman–Crippen MR) is 148 cm³/mol. The molecular formula is C29H60NO3P. The summed E-state index contributed by atoms with van der Waals surface area (Å²) in [5.41, 5.74) is -2.39. The van der Waals surface area contributed by atoms with Crippen molar-refractivity contribution in [3.8, 4) is 0 Å². The average molecular weight is 502 g/mol. The van der Waals surface area contributed by atoms with Crippen LogP contribution < -0.4 is 5.09 Å². The largest absolute Gasteiger partial charge is 0.406 e. The summed E-state index contributed by atoms with van der Waals surface area (Å²) in [6.45, 7) is 41.8. The molecule has 0 aromatic rings. The van der Waals surface area contributed by atoms with Gasteiger partial charge in [-0.25, -0.2) is 9.65 Å². The van der Waals surface area contributed by atoms with Crippen molar-refractivity contribution in [2.45, 2.75) is 136 Å². The standard InChI is InChI=1S/C29H60NO3P/c1-22(2,3)20-21(23(4,5)6)33-34(31,32-19)30-29(26(13,14)15,27(16,17)18)28(20,24(7,8)9)25(10,11)12/h20-21H,1-19H3,(H,30,31). The molecule has 34 heavy (non-hydrogen) atoms. The quantitative estimate of drug-likeness (QED) is 0.364. The van der Waals surface area contributed by atoms with Crippen LogP contribution in [0.4, 0.5) is 0 Å². The molecule has 1 fully saturated rings. The van der Waals surface area contributed by atoms with Crippen molar-refractivity contribution in [2.24, 2.45) is 43.8 Å². The van der Waals surface area contributed by atoms with E-state index < -0.39 is 13.3 Å². The number of hydrogen-bond donors (Lipinski definition) is 1. The fraction of sp³-hybridized carbons (Fsp3) is 1.00. The van der Waals surface area contributed by atoms with Gasteiger partial charge in [0, 0.05) is 18.1 Å². The molecule has 4 nitrogen and oxygen atoms in total. The van der Waals surface area contributed by atoms with Gasteiger partial charge in [0.15, 0.2) is 0 Å². The Morgan fingerprint density at radius 2 is 1.00 bits per heavy atom. The summed E-state index contributed by atoms with van der Waals surface area (Å²) in [5, 5.41) is 3.75. The van der Waals surface area contributed by atoms with Crippen LogP contribution in [0.2, 0.25) is 0 Å². The third kappa shape index (κ3) is 4.72. The predicted octanol–water partition coefficient (Wildman–Crippen LogP) is 9.35. The first-order chi connectivity index (χ1) is 14.5. The van der Waals surface area contributed by atoms with Gasteiger partial charge in [0.25, 0.3) is 0 Å². The van der Waals surface area contributed by atoms with Crippen LogP contribution in [0.15, 0.2) is 0 Å². The minimum absolute atomic E-state index is 0.0527. The molecule has 3 unspecified atom stereocenters. The van der Waals surface area contributed by atoms with Gasteiger partial charge in [-0.05, 0) is 38.4 Å². The molecule has 0 bridgehead atoms. The molecule has 204 valence electrons. The van der Waals surface area contributed by atoms with Crippen molar-refractivity contribution in [3.63, 3.8) is 0 Å². The maximum atomic E-state index is 14.6. The lowest BCUT2D eigenvalue weighted by molar-refractivity contribution is -0.255. The third-order valence-corrected chi connectivity index (χ3v) is 10.2. The van der Waals surface area contributed by atoms with Crippen molar-refractivity contribution in [3.05, 3.63) is 0 Å². The molecule has 1 saturated heterocycles. The first-order valence-corrected chi connectivity index (χ1v) is 14.7. The molecular weight excluding hydrogens is 441 g/mol. The Labute approximate surface area is 213 Å². The maximum absolute atomic E-state index is 14.6. The number of nitrogens with one attached hydrogen (secondary N) is 1. The van der Waals surface area contributed by atoms with E-state index in [-0.39, 0.29) is 49.9 Å². The molecule has 1 aliphatic rings. The highest BCUT2D eigenvalue weighted by Crippen LogP contribution is 2.77. The molecule has 0 aromatic carbocycles. The molecule has 1 heterocycles. The summed E-state index contributed by atoms with van der Waals surface area (Å²) < 4.78 is 27.2. The second-order valence-electron chi connectivity index (χ2n) is 17.1. The summed E-state index contributed by atoms with van der Waals surface area (Å²) >= 11 is 0. The normalized spacial score (nSPS) is 29.6. The van der Waals surface area contributed by atoms with Gasteiger partial charge in [0.2, 0.25) is 0 Å². The van der Waals surface area contributed by atoms with Crippen molar-refractivity contribution in [1.82, 2.24) is 5.09 Å². The average Bonchev–Trinajstić information content (AvgIpc) is 2.63. The zero-order chi connectivity index (χ0) is 27.8. The van der Waals surface area contributed by atoms with Crippen LogP contribution in [-0.2, 0) is 13.6 Å². The fourth-order valence-electron chi connectivity index (χ4n) is 8.67. The van der Waals surface area contributed by atoms with E-state index in [9.17, 15) is 4.57 Å². The third-order valence-electron chi connectivity index (χ3n) is 8.56. The van der Waals surface area contributed by atoms with Crippen molar-refractivity contribution in [2.75, 3.05) is 7.11 Å². The Kier molecular flexibility index (Phi) is 8.10. The Bertz CT molecular complexity index is 745. The van der Waals surface area contributed by atoms with Gasteiger partial charge in [0.1, 0.15) is 0 Å². The molecule has 1 aliphatic heterocycles. The molecule has 5 heteroatoms. The van der Waals surface area contributed by atoms with E-state index in [0.717, 1.165) is 0 Å². The lowest BCUT2D eigenvalue weighted by Gasteiger charge is -2.75. The van der Waals surface area contributed by atoms with Crippen LogP contribution in [0.3, 0.4) is 0 Å². The molecule has 0 aromatic heterocycles. The van der Waals surface area contributed by atoms with Crippen LogP contribution in [0, 0.1) is 43.8 Å². The van der Waals surface area contributed by atoms with Gasteiger partial charge >= 0.3 is 7.75 Å². The van der Waals surface area contributed by atoms with Crippen LogP contribution in [0.1, 0.15) is 125 Å². The van der Waals surface area contributed by atoms with E-state index in [0.29, 0.717) is 0 Å². The second-order valence-corrected chi connectivity index (χ2v) is 18.9. The summed E-state index contributed by atoms with van der Waals surface area (Å²) in [6.07, 6.45) is -0.296. The highest BCUT2D eigenvalue weighted by Gasteiger charge is 2.78. The van der Waals surface area contributed by atoms with Gasteiger partial charge in [-0.3, -0.25) is 4.52 Å². The first-order valence-electron chi connectivity index (χ1n) is 13.1. The zero-order valence-electron chi connectivity index (χ0n) is 26.3. The van der Waals surface area contributed by atoms with Gasteiger partial charge in [0.05, 0.1) is 6.10 Å².